The number of rotatable bonds is 7. The van der Waals surface area contributed by atoms with Gasteiger partial charge in [0.05, 0.1) is 5.41 Å². The predicted molar refractivity (Wildman–Crippen MR) is 123 cm³/mol. The smallest absolute Gasteiger partial charge is 0.230 e. The summed E-state index contributed by atoms with van der Waals surface area (Å²) in [4.78, 5) is 17.8. The zero-order valence-corrected chi connectivity index (χ0v) is 18.7. The van der Waals surface area contributed by atoms with Crippen LogP contribution in [0.5, 0.6) is 0 Å². The fourth-order valence-electron chi connectivity index (χ4n) is 4.29. The summed E-state index contributed by atoms with van der Waals surface area (Å²) in [6, 6.07) is 16.9. The number of piperazine rings is 1. The molecule has 5 heteroatoms. The summed E-state index contributed by atoms with van der Waals surface area (Å²) in [6.45, 7) is 8.27. The van der Waals surface area contributed by atoms with Gasteiger partial charge in [0.2, 0.25) is 5.91 Å². The lowest BCUT2D eigenvalue weighted by Crippen LogP contribution is -2.47. The topological polar surface area (TPSA) is 35.6 Å². The van der Waals surface area contributed by atoms with Crippen LogP contribution in [-0.2, 0) is 10.2 Å². The number of hydrogen-bond acceptors (Lipinski definition) is 3. The van der Waals surface area contributed by atoms with Gasteiger partial charge in [0, 0.05) is 42.9 Å². The second kappa shape index (κ2) is 8.88. The van der Waals surface area contributed by atoms with E-state index in [9.17, 15) is 4.79 Å². The molecule has 2 fully saturated rings. The first kappa shape index (κ1) is 20.4. The lowest BCUT2D eigenvalue weighted by molar-refractivity contribution is -0.123. The number of anilines is 1. The number of aryl methyl sites for hydroxylation is 1. The molecule has 1 aliphatic carbocycles. The Kier molecular flexibility index (Phi) is 6.26. The molecule has 1 N–H and O–H groups in total. The van der Waals surface area contributed by atoms with Gasteiger partial charge in [0.15, 0.2) is 0 Å². The maximum Gasteiger partial charge on any atom is 0.230 e. The second-order valence-electron chi connectivity index (χ2n) is 8.37. The SMILES string of the molecule is Cc1cccc(N2CCN(CCCNC(=O)C3(c4cccc(Br)c4)CC3)CC2)c1. The molecule has 0 atom stereocenters. The van der Waals surface area contributed by atoms with Crippen molar-refractivity contribution in [1.82, 2.24) is 10.2 Å². The molecule has 154 valence electrons. The van der Waals surface area contributed by atoms with Gasteiger partial charge in [-0.05, 0) is 68.1 Å². The zero-order chi connectivity index (χ0) is 20.3. The fraction of sp³-hybridized carbons (Fsp3) is 0.458. The summed E-state index contributed by atoms with van der Waals surface area (Å²) in [5.41, 5.74) is 3.50. The molecular weight excluding hydrogens is 426 g/mol. The van der Waals surface area contributed by atoms with Gasteiger partial charge in [-0.25, -0.2) is 0 Å². The Balaban J connectivity index is 1.18. The van der Waals surface area contributed by atoms with E-state index in [4.69, 9.17) is 0 Å². The van der Waals surface area contributed by atoms with Gasteiger partial charge in [-0.3, -0.25) is 9.69 Å². The summed E-state index contributed by atoms with van der Waals surface area (Å²) in [5.74, 6) is 0.194. The normalized spacial score (nSPS) is 18.5. The second-order valence-corrected chi connectivity index (χ2v) is 9.29. The number of carbonyl (C=O) groups excluding carboxylic acids is 1. The maximum absolute atomic E-state index is 12.8. The molecule has 0 unspecified atom stereocenters. The van der Waals surface area contributed by atoms with Crippen molar-refractivity contribution in [2.75, 3.05) is 44.2 Å². The standard InChI is InChI=1S/C24H30BrN3O/c1-19-5-2-8-22(17-19)28-15-13-27(14-16-28)12-4-11-26-23(29)24(9-10-24)20-6-3-7-21(25)18-20/h2-3,5-8,17-18H,4,9-16H2,1H3,(H,26,29). The average molecular weight is 456 g/mol. The molecule has 0 aromatic heterocycles. The number of amides is 1. The van der Waals surface area contributed by atoms with Gasteiger partial charge < -0.3 is 10.2 Å². The molecule has 2 aromatic carbocycles. The van der Waals surface area contributed by atoms with Crippen molar-refractivity contribution in [3.8, 4) is 0 Å². The van der Waals surface area contributed by atoms with Gasteiger partial charge in [0.25, 0.3) is 0 Å². The number of carbonyl (C=O) groups is 1. The Morgan fingerprint density at radius 2 is 1.83 bits per heavy atom. The summed E-state index contributed by atoms with van der Waals surface area (Å²) in [7, 11) is 0. The van der Waals surface area contributed by atoms with E-state index in [-0.39, 0.29) is 11.3 Å². The Morgan fingerprint density at radius 3 is 2.52 bits per heavy atom. The number of nitrogens with zero attached hydrogens (tertiary/aromatic N) is 2. The molecule has 1 saturated heterocycles. The van der Waals surface area contributed by atoms with Crippen LogP contribution in [0.15, 0.2) is 53.0 Å². The van der Waals surface area contributed by atoms with Crippen LogP contribution in [0.3, 0.4) is 0 Å². The van der Waals surface area contributed by atoms with E-state index in [0.717, 1.165) is 68.6 Å². The molecule has 2 aliphatic rings. The molecule has 1 amide bonds. The third-order valence-corrected chi connectivity index (χ3v) is 6.73. The van der Waals surface area contributed by atoms with Crippen molar-refractivity contribution < 1.29 is 4.79 Å². The molecule has 4 nitrogen and oxygen atoms in total. The van der Waals surface area contributed by atoms with E-state index in [2.05, 4.69) is 74.4 Å². The van der Waals surface area contributed by atoms with Crippen molar-refractivity contribution in [3.05, 3.63) is 64.1 Å². The highest BCUT2D eigenvalue weighted by Gasteiger charge is 2.51. The summed E-state index contributed by atoms with van der Waals surface area (Å²) < 4.78 is 1.04. The summed E-state index contributed by atoms with van der Waals surface area (Å²) in [5, 5.41) is 3.19. The van der Waals surface area contributed by atoms with E-state index in [1.54, 1.807) is 0 Å². The fourth-order valence-corrected chi connectivity index (χ4v) is 4.69. The summed E-state index contributed by atoms with van der Waals surface area (Å²) >= 11 is 3.52. The summed E-state index contributed by atoms with van der Waals surface area (Å²) in [6.07, 6.45) is 2.91. The minimum Gasteiger partial charge on any atom is -0.369 e. The monoisotopic (exact) mass is 455 g/mol. The van der Waals surface area contributed by atoms with Crippen molar-refractivity contribution in [2.24, 2.45) is 0 Å². The van der Waals surface area contributed by atoms with Crippen molar-refractivity contribution in [2.45, 2.75) is 31.6 Å². The van der Waals surface area contributed by atoms with E-state index in [0.29, 0.717) is 0 Å². The number of benzene rings is 2. The largest absolute Gasteiger partial charge is 0.369 e. The van der Waals surface area contributed by atoms with E-state index in [1.807, 2.05) is 12.1 Å². The zero-order valence-electron chi connectivity index (χ0n) is 17.2. The Labute approximate surface area is 182 Å². The highest BCUT2D eigenvalue weighted by molar-refractivity contribution is 9.10. The van der Waals surface area contributed by atoms with Crippen LogP contribution >= 0.6 is 15.9 Å². The Hall–Kier alpha value is -1.85. The highest BCUT2D eigenvalue weighted by atomic mass is 79.9. The van der Waals surface area contributed by atoms with Crippen LogP contribution in [0.2, 0.25) is 0 Å². The van der Waals surface area contributed by atoms with Crippen molar-refractivity contribution >= 4 is 27.5 Å². The molecule has 4 rings (SSSR count). The lowest BCUT2D eigenvalue weighted by atomic mass is 9.95. The molecule has 0 bridgehead atoms. The van der Waals surface area contributed by atoms with Gasteiger partial charge in [-0.1, -0.05) is 40.2 Å². The number of hydrogen-bond donors (Lipinski definition) is 1. The lowest BCUT2D eigenvalue weighted by Gasteiger charge is -2.36. The predicted octanol–water partition coefficient (Wildman–Crippen LogP) is 4.12. The Morgan fingerprint density at radius 1 is 1.07 bits per heavy atom. The first-order valence-corrected chi connectivity index (χ1v) is 11.4. The van der Waals surface area contributed by atoms with Gasteiger partial charge in [-0.15, -0.1) is 0 Å². The first-order valence-electron chi connectivity index (χ1n) is 10.7. The molecule has 1 saturated carbocycles. The van der Waals surface area contributed by atoms with E-state index in [1.165, 1.54) is 11.3 Å². The quantitative estimate of drug-likeness (QED) is 0.637. The van der Waals surface area contributed by atoms with E-state index >= 15 is 0 Å². The van der Waals surface area contributed by atoms with Crippen LogP contribution in [0.25, 0.3) is 0 Å². The highest BCUT2D eigenvalue weighted by Crippen LogP contribution is 2.48. The van der Waals surface area contributed by atoms with Gasteiger partial charge >= 0.3 is 0 Å². The molecule has 1 aliphatic heterocycles. The first-order chi connectivity index (χ1) is 14.1. The molecular formula is C24H30BrN3O. The van der Waals surface area contributed by atoms with Crippen LogP contribution < -0.4 is 10.2 Å². The minimum atomic E-state index is -0.288. The third kappa shape index (κ3) is 4.84. The number of nitrogens with one attached hydrogen (secondary N) is 1. The number of halogens is 1. The molecule has 0 spiro atoms. The van der Waals surface area contributed by atoms with Crippen LogP contribution in [-0.4, -0.2) is 50.1 Å². The molecule has 0 radical (unpaired) electrons. The minimum absolute atomic E-state index is 0.194. The molecule has 29 heavy (non-hydrogen) atoms. The van der Waals surface area contributed by atoms with Crippen molar-refractivity contribution in [3.63, 3.8) is 0 Å². The van der Waals surface area contributed by atoms with Crippen LogP contribution in [0.4, 0.5) is 5.69 Å². The molecule has 1 heterocycles. The van der Waals surface area contributed by atoms with Gasteiger partial charge in [-0.2, -0.15) is 0 Å². The molecule has 2 aromatic rings. The maximum atomic E-state index is 12.8. The van der Waals surface area contributed by atoms with Crippen LogP contribution in [0.1, 0.15) is 30.4 Å². The van der Waals surface area contributed by atoms with Crippen LogP contribution in [0, 0.1) is 6.92 Å². The van der Waals surface area contributed by atoms with Crippen molar-refractivity contribution in [1.29, 1.82) is 0 Å². The third-order valence-electron chi connectivity index (χ3n) is 6.24. The van der Waals surface area contributed by atoms with E-state index < -0.39 is 0 Å². The van der Waals surface area contributed by atoms with Gasteiger partial charge in [0.1, 0.15) is 0 Å². The average Bonchev–Trinajstić information content (AvgIpc) is 3.54. The Bertz CT molecular complexity index is 857.